The van der Waals surface area contributed by atoms with Crippen molar-refractivity contribution < 1.29 is 27.5 Å². The fraction of sp³-hybridized carbons (Fsp3) is 0.391. The molecule has 2 aromatic carbocycles. The fourth-order valence-corrected chi connectivity index (χ4v) is 3.47. The molecule has 8 heteroatoms. The van der Waals surface area contributed by atoms with Gasteiger partial charge in [-0.1, -0.05) is 12.1 Å². The lowest BCUT2D eigenvalue weighted by atomic mass is 10.1. The highest BCUT2D eigenvalue weighted by Crippen LogP contribution is 2.29. The van der Waals surface area contributed by atoms with Gasteiger partial charge in [-0.05, 0) is 61.7 Å². The van der Waals surface area contributed by atoms with E-state index in [1.807, 2.05) is 32.0 Å². The first kappa shape index (κ1) is 22.7. The van der Waals surface area contributed by atoms with Gasteiger partial charge >= 0.3 is 6.18 Å². The highest BCUT2D eigenvalue weighted by molar-refractivity contribution is 5.94. The second-order valence-electron chi connectivity index (χ2n) is 7.59. The zero-order chi connectivity index (χ0) is 22.6. The van der Waals surface area contributed by atoms with E-state index in [0.29, 0.717) is 38.3 Å². The molecule has 0 radical (unpaired) electrons. The maximum atomic E-state index is 12.7. The van der Waals surface area contributed by atoms with Gasteiger partial charge in [-0.15, -0.1) is 0 Å². The van der Waals surface area contributed by atoms with E-state index in [2.05, 4.69) is 0 Å². The largest absolute Gasteiger partial charge is 0.483 e. The number of benzene rings is 2. The van der Waals surface area contributed by atoms with Crippen LogP contribution in [-0.2, 0) is 11.0 Å². The van der Waals surface area contributed by atoms with Crippen LogP contribution < -0.4 is 4.74 Å². The topological polar surface area (TPSA) is 49.9 Å². The molecular weight excluding hydrogens is 409 g/mol. The van der Waals surface area contributed by atoms with Crippen molar-refractivity contribution in [2.75, 3.05) is 32.8 Å². The first-order chi connectivity index (χ1) is 14.7. The molecule has 0 unspecified atom stereocenters. The summed E-state index contributed by atoms with van der Waals surface area (Å²) in [7, 11) is 0. The van der Waals surface area contributed by atoms with Crippen LogP contribution in [0.3, 0.4) is 0 Å². The number of hydrogen-bond acceptors (Lipinski definition) is 3. The Morgan fingerprint density at radius 3 is 2.26 bits per heavy atom. The number of amides is 2. The van der Waals surface area contributed by atoms with E-state index in [-0.39, 0.29) is 24.0 Å². The first-order valence-corrected chi connectivity index (χ1v) is 10.1. The number of hydrogen-bond donors (Lipinski definition) is 0. The highest BCUT2D eigenvalue weighted by atomic mass is 19.4. The van der Waals surface area contributed by atoms with Crippen molar-refractivity contribution >= 4 is 11.8 Å². The normalized spacial score (nSPS) is 14.9. The smallest absolute Gasteiger partial charge is 0.416 e. The van der Waals surface area contributed by atoms with E-state index in [1.165, 1.54) is 12.1 Å². The molecule has 0 saturated carbocycles. The molecule has 0 spiro atoms. The molecule has 1 saturated heterocycles. The number of ether oxygens (including phenoxy) is 1. The summed E-state index contributed by atoms with van der Waals surface area (Å²) < 4.78 is 43.8. The molecule has 0 aliphatic carbocycles. The summed E-state index contributed by atoms with van der Waals surface area (Å²) in [6, 6.07) is 9.87. The zero-order valence-corrected chi connectivity index (χ0v) is 17.5. The third kappa shape index (κ3) is 5.57. The van der Waals surface area contributed by atoms with Crippen LogP contribution in [0.2, 0.25) is 0 Å². The van der Waals surface area contributed by atoms with Gasteiger partial charge in [-0.25, -0.2) is 0 Å². The van der Waals surface area contributed by atoms with E-state index in [0.717, 1.165) is 23.3 Å². The molecule has 2 amide bonds. The van der Waals surface area contributed by atoms with Crippen LogP contribution in [0.1, 0.15) is 33.5 Å². The van der Waals surface area contributed by atoms with Crippen LogP contribution in [-0.4, -0.2) is 54.4 Å². The lowest BCUT2D eigenvalue weighted by Gasteiger charge is -2.22. The summed E-state index contributed by atoms with van der Waals surface area (Å²) in [6.45, 7) is 5.41. The monoisotopic (exact) mass is 434 g/mol. The van der Waals surface area contributed by atoms with Crippen molar-refractivity contribution in [1.29, 1.82) is 0 Å². The Kier molecular flexibility index (Phi) is 6.87. The average molecular weight is 434 g/mol. The van der Waals surface area contributed by atoms with Crippen LogP contribution in [0, 0.1) is 13.8 Å². The van der Waals surface area contributed by atoms with Crippen molar-refractivity contribution in [3.63, 3.8) is 0 Å². The van der Waals surface area contributed by atoms with Crippen LogP contribution >= 0.6 is 0 Å². The van der Waals surface area contributed by atoms with Gasteiger partial charge < -0.3 is 14.5 Å². The van der Waals surface area contributed by atoms with Crippen molar-refractivity contribution in [2.24, 2.45) is 0 Å². The summed E-state index contributed by atoms with van der Waals surface area (Å²) in [4.78, 5) is 28.5. The Morgan fingerprint density at radius 2 is 1.58 bits per heavy atom. The van der Waals surface area contributed by atoms with Crippen LogP contribution in [0.4, 0.5) is 13.2 Å². The molecule has 1 fully saturated rings. The predicted molar refractivity (Wildman–Crippen MR) is 110 cm³/mol. The van der Waals surface area contributed by atoms with Gasteiger partial charge in [0.15, 0.2) is 6.61 Å². The van der Waals surface area contributed by atoms with E-state index >= 15 is 0 Å². The molecule has 31 heavy (non-hydrogen) atoms. The molecular formula is C23H25F3N2O3. The van der Waals surface area contributed by atoms with E-state index in [9.17, 15) is 22.8 Å². The molecule has 0 aromatic heterocycles. The molecule has 0 bridgehead atoms. The molecule has 166 valence electrons. The Hall–Kier alpha value is -3.03. The minimum atomic E-state index is -4.44. The number of nitrogens with zero attached hydrogens (tertiary/aromatic N) is 2. The molecule has 0 N–H and O–H groups in total. The van der Waals surface area contributed by atoms with Gasteiger partial charge in [0.2, 0.25) is 0 Å². The molecule has 5 nitrogen and oxygen atoms in total. The van der Waals surface area contributed by atoms with Gasteiger partial charge in [-0.2, -0.15) is 13.2 Å². The Morgan fingerprint density at radius 1 is 0.935 bits per heavy atom. The number of carbonyl (C=O) groups excluding carboxylic acids is 2. The molecule has 1 aliphatic rings. The first-order valence-electron chi connectivity index (χ1n) is 10.1. The number of aryl methyl sites for hydroxylation is 1. The van der Waals surface area contributed by atoms with Crippen molar-refractivity contribution in [3.8, 4) is 5.75 Å². The molecule has 3 rings (SSSR count). The minimum absolute atomic E-state index is 0.0862. The van der Waals surface area contributed by atoms with Crippen LogP contribution in [0.15, 0.2) is 42.5 Å². The van der Waals surface area contributed by atoms with Gasteiger partial charge in [0.05, 0.1) is 5.56 Å². The lowest BCUT2D eigenvalue weighted by molar-refractivity contribution is -0.137. The van der Waals surface area contributed by atoms with Crippen molar-refractivity contribution in [3.05, 3.63) is 64.7 Å². The van der Waals surface area contributed by atoms with E-state index in [4.69, 9.17) is 4.74 Å². The maximum absolute atomic E-state index is 12.7. The summed E-state index contributed by atoms with van der Waals surface area (Å²) in [6.07, 6.45) is -3.86. The third-order valence-corrected chi connectivity index (χ3v) is 5.50. The molecule has 0 atom stereocenters. The van der Waals surface area contributed by atoms with Gasteiger partial charge in [0.1, 0.15) is 5.75 Å². The standard InChI is InChI=1S/C23H25F3N2O3/c1-16-5-3-6-20(17(16)2)31-15-21(29)27-11-4-12-28(14-13-27)22(30)18-7-9-19(10-8-18)23(24,25)26/h3,5-10H,4,11-15H2,1-2H3. The third-order valence-electron chi connectivity index (χ3n) is 5.50. The number of rotatable bonds is 4. The van der Waals surface area contributed by atoms with Gasteiger partial charge in [0, 0.05) is 31.7 Å². The SMILES string of the molecule is Cc1cccc(OCC(=O)N2CCCN(C(=O)c3ccc(C(F)(F)F)cc3)CC2)c1C. The summed E-state index contributed by atoms with van der Waals surface area (Å²) >= 11 is 0. The number of halogens is 3. The van der Waals surface area contributed by atoms with Gasteiger partial charge in [-0.3, -0.25) is 9.59 Å². The quantitative estimate of drug-likeness (QED) is 0.729. The van der Waals surface area contributed by atoms with Crippen molar-refractivity contribution in [2.45, 2.75) is 26.4 Å². The second kappa shape index (κ2) is 9.41. The predicted octanol–water partition coefficient (Wildman–Crippen LogP) is 4.08. The summed E-state index contributed by atoms with van der Waals surface area (Å²) in [5, 5.41) is 0. The van der Waals surface area contributed by atoms with Crippen LogP contribution in [0.25, 0.3) is 0 Å². The minimum Gasteiger partial charge on any atom is -0.483 e. The summed E-state index contributed by atoms with van der Waals surface area (Å²) in [5.74, 6) is 0.168. The lowest BCUT2D eigenvalue weighted by Crippen LogP contribution is -2.39. The van der Waals surface area contributed by atoms with Crippen LogP contribution in [0.5, 0.6) is 5.75 Å². The van der Waals surface area contributed by atoms with E-state index in [1.54, 1.807) is 9.80 Å². The molecule has 1 aliphatic heterocycles. The number of alkyl halides is 3. The molecule has 2 aromatic rings. The maximum Gasteiger partial charge on any atom is 0.416 e. The van der Waals surface area contributed by atoms with Gasteiger partial charge in [0.25, 0.3) is 11.8 Å². The Labute approximate surface area is 179 Å². The van der Waals surface area contributed by atoms with Crippen molar-refractivity contribution in [1.82, 2.24) is 9.80 Å². The Balaban J connectivity index is 1.56. The molecule has 1 heterocycles. The van der Waals surface area contributed by atoms with E-state index < -0.39 is 11.7 Å². The summed E-state index contributed by atoms with van der Waals surface area (Å²) in [5.41, 5.74) is 1.48. The number of carbonyl (C=O) groups is 2. The average Bonchev–Trinajstić information content (AvgIpc) is 3.00. The highest BCUT2D eigenvalue weighted by Gasteiger charge is 2.30. The zero-order valence-electron chi connectivity index (χ0n) is 17.5. The second-order valence-corrected chi connectivity index (χ2v) is 7.59. The fourth-order valence-electron chi connectivity index (χ4n) is 3.47. The Bertz CT molecular complexity index is 942.